The Kier molecular flexibility index (Phi) is 5.58. The molecule has 1 heteroatoms. The summed E-state index contributed by atoms with van der Waals surface area (Å²) in [6.45, 7) is 4.86. The van der Waals surface area contributed by atoms with Gasteiger partial charge in [-0.05, 0) is 70.0 Å². The predicted octanol–water partition coefficient (Wildman–Crippen LogP) is 5.79. The van der Waals surface area contributed by atoms with Crippen molar-refractivity contribution in [3.63, 3.8) is 0 Å². The highest BCUT2D eigenvalue weighted by atomic mass is 28.3. The Bertz CT molecular complexity index is 1360. The molecule has 1 heterocycles. The van der Waals surface area contributed by atoms with Crippen LogP contribution in [0.3, 0.4) is 0 Å². The molecule has 0 fully saturated rings. The Labute approximate surface area is 197 Å². The van der Waals surface area contributed by atoms with E-state index in [1.54, 1.807) is 0 Å². The van der Waals surface area contributed by atoms with Gasteiger partial charge in [-0.3, -0.25) is 0 Å². The summed E-state index contributed by atoms with van der Waals surface area (Å²) in [7, 11) is -1.96. The first-order valence-corrected chi connectivity index (χ1v) is 14.2. The SMILES string of the molecule is C[Si]1(C)c2cc(C#Cc3ccccc3)ccc2C=Cc2ccc(C#Cc3ccccc3)cc21. The fraction of sp³-hybridized carbons (Fsp3) is 0.0625. The molecule has 0 atom stereocenters. The van der Waals surface area contributed by atoms with Gasteiger partial charge in [-0.1, -0.05) is 97.5 Å². The summed E-state index contributed by atoms with van der Waals surface area (Å²) < 4.78 is 0. The maximum absolute atomic E-state index is 3.37. The van der Waals surface area contributed by atoms with Gasteiger partial charge < -0.3 is 0 Å². The van der Waals surface area contributed by atoms with E-state index in [9.17, 15) is 0 Å². The Morgan fingerprint density at radius 3 is 1.27 bits per heavy atom. The third-order valence-corrected chi connectivity index (χ3v) is 9.71. The number of hydrogen-bond acceptors (Lipinski definition) is 0. The fourth-order valence-corrected chi connectivity index (χ4v) is 7.40. The average molecular weight is 437 g/mol. The molecule has 0 nitrogen and oxygen atoms in total. The highest BCUT2D eigenvalue weighted by Gasteiger charge is 2.31. The molecule has 4 aromatic rings. The molecule has 0 amide bonds. The number of benzene rings is 4. The Hall–Kier alpha value is -4.04. The van der Waals surface area contributed by atoms with Gasteiger partial charge in [-0.15, -0.1) is 0 Å². The largest absolute Gasteiger partial charge is 0.113 e. The first-order chi connectivity index (χ1) is 16.1. The molecule has 0 unspecified atom stereocenters. The van der Waals surface area contributed by atoms with Gasteiger partial charge in [0.05, 0.1) is 0 Å². The minimum Gasteiger partial charge on any atom is -0.0622 e. The lowest BCUT2D eigenvalue weighted by atomic mass is 10.1. The van der Waals surface area contributed by atoms with Gasteiger partial charge in [0.25, 0.3) is 0 Å². The Morgan fingerprint density at radius 2 is 0.848 bits per heavy atom. The van der Waals surface area contributed by atoms with Crippen molar-refractivity contribution >= 4 is 30.6 Å². The topological polar surface area (TPSA) is 0 Å². The lowest BCUT2D eigenvalue weighted by molar-refractivity contribution is 1.60. The maximum Gasteiger partial charge on any atom is 0.113 e. The molecule has 0 saturated heterocycles. The van der Waals surface area contributed by atoms with Crippen molar-refractivity contribution in [1.82, 2.24) is 0 Å². The van der Waals surface area contributed by atoms with E-state index in [-0.39, 0.29) is 0 Å². The molecular formula is C32H24Si. The smallest absolute Gasteiger partial charge is 0.0622 e. The zero-order chi connectivity index (χ0) is 22.7. The third kappa shape index (κ3) is 4.46. The van der Waals surface area contributed by atoms with Gasteiger partial charge in [0.2, 0.25) is 0 Å². The Balaban J connectivity index is 1.54. The molecule has 4 aromatic carbocycles. The van der Waals surface area contributed by atoms with Crippen LogP contribution in [0, 0.1) is 23.7 Å². The van der Waals surface area contributed by atoms with Crippen LogP contribution in [0.15, 0.2) is 97.1 Å². The van der Waals surface area contributed by atoms with Crippen molar-refractivity contribution in [3.8, 4) is 23.7 Å². The van der Waals surface area contributed by atoms with E-state index in [0.29, 0.717) is 0 Å². The van der Waals surface area contributed by atoms with Crippen LogP contribution in [0.4, 0.5) is 0 Å². The van der Waals surface area contributed by atoms with Crippen LogP contribution < -0.4 is 10.4 Å². The summed E-state index contributed by atoms with van der Waals surface area (Å²) in [4.78, 5) is 0. The molecule has 0 aromatic heterocycles. The summed E-state index contributed by atoms with van der Waals surface area (Å²) in [6.07, 6.45) is 4.50. The van der Waals surface area contributed by atoms with Crippen LogP contribution in [0.5, 0.6) is 0 Å². The van der Waals surface area contributed by atoms with E-state index in [2.05, 4.69) is 85.3 Å². The summed E-state index contributed by atoms with van der Waals surface area (Å²) in [5.74, 6) is 13.3. The van der Waals surface area contributed by atoms with E-state index in [0.717, 1.165) is 22.3 Å². The van der Waals surface area contributed by atoms with Crippen molar-refractivity contribution in [2.45, 2.75) is 13.1 Å². The highest BCUT2D eigenvalue weighted by Crippen LogP contribution is 2.20. The van der Waals surface area contributed by atoms with Crippen LogP contribution in [0.1, 0.15) is 33.4 Å². The molecule has 0 spiro atoms. The molecule has 0 bridgehead atoms. The molecule has 33 heavy (non-hydrogen) atoms. The molecule has 5 rings (SSSR count). The van der Waals surface area contributed by atoms with Crippen LogP contribution in [0.2, 0.25) is 13.1 Å². The van der Waals surface area contributed by atoms with Gasteiger partial charge in [0.1, 0.15) is 8.07 Å². The van der Waals surface area contributed by atoms with Crippen LogP contribution in [-0.2, 0) is 0 Å². The van der Waals surface area contributed by atoms with Crippen molar-refractivity contribution in [1.29, 1.82) is 0 Å². The molecule has 1 aliphatic rings. The standard InChI is InChI=1S/C32H24Si/c1-33(2)31-23-27(15-13-25-9-5-3-6-10-25)17-19-29(31)21-22-30-20-18-28(24-32(30)33)16-14-26-11-7-4-8-12-26/h3-12,17-24H,1-2H3. The highest BCUT2D eigenvalue weighted by molar-refractivity contribution is 7.01. The molecule has 0 radical (unpaired) electrons. The van der Waals surface area contributed by atoms with E-state index in [4.69, 9.17) is 0 Å². The minimum absolute atomic E-state index is 1.04. The summed E-state index contributed by atoms with van der Waals surface area (Å²) >= 11 is 0. The van der Waals surface area contributed by atoms with Gasteiger partial charge >= 0.3 is 0 Å². The lowest BCUT2D eigenvalue weighted by Gasteiger charge is -2.26. The number of fused-ring (bicyclic) bond motifs is 2. The second-order valence-electron chi connectivity index (χ2n) is 8.79. The van der Waals surface area contributed by atoms with Crippen LogP contribution >= 0.6 is 0 Å². The van der Waals surface area contributed by atoms with Gasteiger partial charge in [-0.25, -0.2) is 0 Å². The molecule has 156 valence electrons. The van der Waals surface area contributed by atoms with E-state index >= 15 is 0 Å². The van der Waals surface area contributed by atoms with Crippen molar-refractivity contribution in [2.75, 3.05) is 0 Å². The average Bonchev–Trinajstić information content (AvgIpc) is 2.96. The minimum atomic E-state index is -1.96. The normalized spacial score (nSPS) is 12.8. The molecular weight excluding hydrogens is 412 g/mol. The monoisotopic (exact) mass is 436 g/mol. The third-order valence-electron chi connectivity index (χ3n) is 6.15. The molecule has 1 aliphatic heterocycles. The van der Waals surface area contributed by atoms with Gasteiger partial charge in [0.15, 0.2) is 0 Å². The van der Waals surface area contributed by atoms with Crippen molar-refractivity contribution in [3.05, 3.63) is 130 Å². The number of hydrogen-bond donors (Lipinski definition) is 0. The van der Waals surface area contributed by atoms with E-state index in [1.165, 1.54) is 21.5 Å². The Morgan fingerprint density at radius 1 is 0.455 bits per heavy atom. The predicted molar refractivity (Wildman–Crippen MR) is 143 cm³/mol. The van der Waals surface area contributed by atoms with Gasteiger partial charge in [0, 0.05) is 22.3 Å². The van der Waals surface area contributed by atoms with Crippen LogP contribution in [-0.4, -0.2) is 8.07 Å². The van der Waals surface area contributed by atoms with Crippen molar-refractivity contribution in [2.24, 2.45) is 0 Å². The summed E-state index contributed by atoms with van der Waals surface area (Å²) in [5, 5.41) is 2.84. The molecule has 0 N–H and O–H groups in total. The maximum atomic E-state index is 3.37. The lowest BCUT2D eigenvalue weighted by Crippen LogP contribution is -2.54. The van der Waals surface area contributed by atoms with E-state index in [1.807, 2.05) is 60.7 Å². The summed E-state index contributed by atoms with van der Waals surface area (Å²) in [5.41, 5.74) is 6.80. The van der Waals surface area contributed by atoms with Crippen molar-refractivity contribution < 1.29 is 0 Å². The summed E-state index contributed by atoms with van der Waals surface area (Å²) in [6, 6.07) is 33.6. The van der Waals surface area contributed by atoms with E-state index < -0.39 is 8.07 Å². The zero-order valence-electron chi connectivity index (χ0n) is 18.9. The van der Waals surface area contributed by atoms with Crippen LogP contribution in [0.25, 0.3) is 12.2 Å². The molecule has 0 saturated carbocycles. The molecule has 0 aliphatic carbocycles. The van der Waals surface area contributed by atoms with Gasteiger partial charge in [-0.2, -0.15) is 0 Å². The zero-order valence-corrected chi connectivity index (χ0v) is 19.9. The second-order valence-corrected chi connectivity index (χ2v) is 13.1. The fourth-order valence-electron chi connectivity index (χ4n) is 4.30. The second kappa shape index (κ2) is 8.83. The first-order valence-electron chi connectivity index (χ1n) is 11.2. The number of rotatable bonds is 0. The first kappa shape index (κ1) is 20.8. The quantitative estimate of drug-likeness (QED) is 0.242.